The molecular weight excluding hydrogens is 382 g/mol. The second kappa shape index (κ2) is 7.28. The molecule has 0 heterocycles. The van der Waals surface area contributed by atoms with Gasteiger partial charge in [-0.1, -0.05) is 36.6 Å². The molecule has 1 aliphatic rings. The Labute approximate surface area is 165 Å². The molecule has 0 atom stereocenters. The number of carbonyl (C=O) groups is 1. The highest BCUT2D eigenvalue weighted by Gasteiger charge is 2.53. The molecule has 1 saturated carbocycles. The summed E-state index contributed by atoms with van der Waals surface area (Å²) in [5.41, 5.74) is 3.20. The van der Waals surface area contributed by atoms with E-state index in [0.717, 1.165) is 16.7 Å². The Bertz CT molecular complexity index is 992. The molecule has 3 rings (SSSR count). The molecule has 1 fully saturated rings. The predicted octanol–water partition coefficient (Wildman–Crippen LogP) is 4.99. The summed E-state index contributed by atoms with van der Waals surface area (Å²) in [5.74, 6) is -0.469. The minimum absolute atomic E-state index is 0.213. The number of carbonyl (C=O) groups excluding carboxylic acids is 1. The zero-order chi connectivity index (χ0) is 19.8. The lowest BCUT2D eigenvalue weighted by Gasteiger charge is -2.28. The Morgan fingerprint density at radius 3 is 2.33 bits per heavy atom. The van der Waals surface area contributed by atoms with Crippen molar-refractivity contribution in [2.24, 2.45) is 0 Å². The first-order valence-electron chi connectivity index (χ1n) is 9.07. The smallest absolute Gasteiger partial charge is 0.246 e. The third-order valence-electron chi connectivity index (χ3n) is 5.64. The van der Waals surface area contributed by atoms with Gasteiger partial charge in [-0.2, -0.15) is 0 Å². The van der Waals surface area contributed by atoms with Crippen molar-refractivity contribution >= 4 is 33.0 Å². The first-order chi connectivity index (χ1) is 12.7. The second-order valence-corrected chi connectivity index (χ2v) is 9.98. The average molecular weight is 406 g/mol. The maximum Gasteiger partial charge on any atom is 0.246 e. The standard InChI is InChI=1S/C21H24ClNO3S/c1-14-9-10-17(13-15(14)2)27(25,26)21(11-4-5-12-21)20(24)23-19-8-6-7-18(22)16(19)3/h6-10,13H,4-5,11-12H2,1-3H3,(H,23,24). The largest absolute Gasteiger partial charge is 0.324 e. The number of benzene rings is 2. The van der Waals surface area contributed by atoms with Crippen molar-refractivity contribution in [2.75, 3.05) is 5.32 Å². The number of aryl methyl sites for hydroxylation is 2. The van der Waals surface area contributed by atoms with Crippen molar-refractivity contribution in [3.8, 4) is 0 Å². The fourth-order valence-corrected chi connectivity index (χ4v) is 5.98. The van der Waals surface area contributed by atoms with Gasteiger partial charge in [0, 0.05) is 10.7 Å². The summed E-state index contributed by atoms with van der Waals surface area (Å²) in [5, 5.41) is 3.37. The predicted molar refractivity (Wildman–Crippen MR) is 109 cm³/mol. The van der Waals surface area contributed by atoms with E-state index in [1.54, 1.807) is 43.3 Å². The van der Waals surface area contributed by atoms with Crippen molar-refractivity contribution in [1.29, 1.82) is 0 Å². The number of hydrogen-bond acceptors (Lipinski definition) is 3. The lowest BCUT2D eigenvalue weighted by molar-refractivity contribution is -0.118. The third kappa shape index (κ3) is 3.39. The van der Waals surface area contributed by atoms with Gasteiger partial charge in [0.25, 0.3) is 0 Å². The quantitative estimate of drug-likeness (QED) is 0.779. The molecule has 27 heavy (non-hydrogen) atoms. The van der Waals surface area contributed by atoms with E-state index in [1.165, 1.54) is 0 Å². The second-order valence-electron chi connectivity index (χ2n) is 7.32. The molecule has 1 N–H and O–H groups in total. The Morgan fingerprint density at radius 1 is 1.04 bits per heavy atom. The van der Waals surface area contributed by atoms with Crippen LogP contribution in [0.2, 0.25) is 5.02 Å². The van der Waals surface area contributed by atoms with Crippen LogP contribution in [0.5, 0.6) is 0 Å². The molecule has 0 radical (unpaired) electrons. The van der Waals surface area contributed by atoms with Crippen molar-refractivity contribution in [3.63, 3.8) is 0 Å². The maximum absolute atomic E-state index is 13.5. The van der Waals surface area contributed by atoms with Crippen LogP contribution in [0, 0.1) is 20.8 Å². The van der Waals surface area contributed by atoms with E-state index in [2.05, 4.69) is 5.32 Å². The fraction of sp³-hybridized carbons (Fsp3) is 0.381. The highest BCUT2D eigenvalue weighted by molar-refractivity contribution is 7.93. The maximum atomic E-state index is 13.5. The summed E-state index contributed by atoms with van der Waals surface area (Å²) < 4.78 is 25.6. The van der Waals surface area contributed by atoms with Crippen LogP contribution in [0.15, 0.2) is 41.3 Å². The van der Waals surface area contributed by atoms with Crippen LogP contribution in [0.4, 0.5) is 5.69 Å². The average Bonchev–Trinajstić information content (AvgIpc) is 3.13. The lowest BCUT2D eigenvalue weighted by Crippen LogP contribution is -2.47. The highest BCUT2D eigenvalue weighted by atomic mass is 35.5. The van der Waals surface area contributed by atoms with E-state index in [9.17, 15) is 13.2 Å². The topological polar surface area (TPSA) is 63.2 Å². The van der Waals surface area contributed by atoms with Gasteiger partial charge >= 0.3 is 0 Å². The molecule has 4 nitrogen and oxygen atoms in total. The van der Waals surface area contributed by atoms with E-state index < -0.39 is 20.5 Å². The van der Waals surface area contributed by atoms with E-state index >= 15 is 0 Å². The van der Waals surface area contributed by atoms with Crippen LogP contribution < -0.4 is 5.32 Å². The minimum atomic E-state index is -3.83. The molecule has 0 bridgehead atoms. The normalized spacial score (nSPS) is 16.3. The van der Waals surface area contributed by atoms with Gasteiger partial charge in [-0.15, -0.1) is 0 Å². The van der Waals surface area contributed by atoms with Gasteiger partial charge in [-0.05, 0) is 74.6 Å². The molecule has 0 saturated heterocycles. The number of anilines is 1. The molecule has 6 heteroatoms. The van der Waals surface area contributed by atoms with Crippen molar-refractivity contribution in [1.82, 2.24) is 0 Å². The minimum Gasteiger partial charge on any atom is -0.324 e. The van der Waals surface area contributed by atoms with Gasteiger partial charge in [-0.3, -0.25) is 4.79 Å². The summed E-state index contributed by atoms with van der Waals surface area (Å²) in [6.45, 7) is 5.62. The molecule has 0 aliphatic heterocycles. The van der Waals surface area contributed by atoms with E-state index in [4.69, 9.17) is 11.6 Å². The molecule has 144 valence electrons. The molecule has 1 aliphatic carbocycles. The molecule has 0 aromatic heterocycles. The van der Waals surface area contributed by atoms with Crippen LogP contribution in [0.1, 0.15) is 42.4 Å². The molecule has 0 spiro atoms. The Hall–Kier alpha value is -1.85. The van der Waals surface area contributed by atoms with E-state index in [1.807, 2.05) is 13.8 Å². The summed E-state index contributed by atoms with van der Waals surface area (Å²) in [6.07, 6.45) is 2.08. The Morgan fingerprint density at radius 2 is 1.70 bits per heavy atom. The number of halogens is 1. The van der Waals surface area contributed by atoms with Crippen LogP contribution in [-0.4, -0.2) is 19.1 Å². The van der Waals surface area contributed by atoms with Crippen molar-refractivity contribution < 1.29 is 13.2 Å². The zero-order valence-electron chi connectivity index (χ0n) is 15.8. The van der Waals surface area contributed by atoms with Crippen molar-refractivity contribution in [2.45, 2.75) is 56.1 Å². The molecular formula is C21H24ClNO3S. The summed E-state index contributed by atoms with van der Waals surface area (Å²) >= 11 is 6.14. The van der Waals surface area contributed by atoms with Gasteiger partial charge in [0.15, 0.2) is 14.6 Å². The van der Waals surface area contributed by atoms with Gasteiger partial charge in [0.05, 0.1) is 4.90 Å². The van der Waals surface area contributed by atoms with Gasteiger partial charge in [0.2, 0.25) is 5.91 Å². The summed E-state index contributed by atoms with van der Waals surface area (Å²) in [7, 11) is -3.83. The summed E-state index contributed by atoms with van der Waals surface area (Å²) in [6, 6.07) is 10.3. The summed E-state index contributed by atoms with van der Waals surface area (Å²) in [4.78, 5) is 13.5. The van der Waals surface area contributed by atoms with Crippen molar-refractivity contribution in [3.05, 3.63) is 58.1 Å². The number of amides is 1. The molecule has 1 amide bonds. The van der Waals surface area contributed by atoms with Gasteiger partial charge < -0.3 is 5.32 Å². The number of sulfone groups is 1. The van der Waals surface area contributed by atoms with Gasteiger partial charge in [-0.25, -0.2) is 8.42 Å². The van der Waals surface area contributed by atoms with Gasteiger partial charge in [0.1, 0.15) is 0 Å². The van der Waals surface area contributed by atoms with Crippen LogP contribution in [0.3, 0.4) is 0 Å². The zero-order valence-corrected chi connectivity index (χ0v) is 17.4. The first-order valence-corrected chi connectivity index (χ1v) is 10.9. The SMILES string of the molecule is Cc1ccc(S(=O)(=O)C2(C(=O)Nc3cccc(Cl)c3C)CCCC2)cc1C. The number of nitrogens with one attached hydrogen (secondary N) is 1. The fourth-order valence-electron chi connectivity index (χ4n) is 3.65. The lowest BCUT2D eigenvalue weighted by atomic mass is 10.1. The monoisotopic (exact) mass is 405 g/mol. The van der Waals surface area contributed by atoms with Crippen LogP contribution >= 0.6 is 11.6 Å². The van der Waals surface area contributed by atoms with E-state index in [0.29, 0.717) is 36.4 Å². The van der Waals surface area contributed by atoms with E-state index in [-0.39, 0.29) is 4.90 Å². The molecule has 2 aromatic rings. The number of hydrogen-bond donors (Lipinski definition) is 1. The third-order valence-corrected chi connectivity index (χ3v) is 8.55. The van der Waals surface area contributed by atoms with Crippen LogP contribution in [-0.2, 0) is 14.6 Å². The van der Waals surface area contributed by atoms with Crippen LogP contribution in [0.25, 0.3) is 0 Å². The Kier molecular flexibility index (Phi) is 5.37. The number of rotatable bonds is 4. The Balaban J connectivity index is 2.03. The molecule has 2 aromatic carbocycles. The first kappa shape index (κ1) is 19.9. The highest BCUT2D eigenvalue weighted by Crippen LogP contribution is 2.42. The molecule has 0 unspecified atom stereocenters.